The van der Waals surface area contributed by atoms with Gasteiger partial charge in [-0.05, 0) is 24.5 Å². The van der Waals surface area contributed by atoms with Crippen LogP contribution < -0.4 is 9.47 Å². The van der Waals surface area contributed by atoms with Crippen LogP contribution in [0.2, 0.25) is 0 Å². The lowest BCUT2D eigenvalue weighted by Gasteiger charge is -2.37. The summed E-state index contributed by atoms with van der Waals surface area (Å²) >= 11 is 0. The molecule has 2 aromatic carbocycles. The van der Waals surface area contributed by atoms with Crippen LogP contribution in [-0.2, 0) is 16.4 Å². The average Bonchev–Trinajstić information content (AvgIpc) is 2.85. The topological polar surface area (TPSA) is 76.1 Å². The second-order valence-corrected chi connectivity index (χ2v) is 9.43. The SMILES string of the molecule is CCCC[C@]1(CC)CS(=O)(=O)c2cc(OC)c(OC)cc2CN1O.c1ccccc1. The van der Waals surface area contributed by atoms with E-state index >= 15 is 0 Å². The average molecular weight is 436 g/mol. The number of benzene rings is 2. The monoisotopic (exact) mass is 435 g/mol. The molecule has 0 saturated heterocycles. The van der Waals surface area contributed by atoms with E-state index in [-0.39, 0.29) is 17.2 Å². The number of sulfone groups is 1. The molecule has 0 saturated carbocycles. The molecule has 2 aromatic rings. The lowest BCUT2D eigenvalue weighted by molar-refractivity contribution is -0.178. The quantitative estimate of drug-likeness (QED) is 0.708. The number of unbranched alkanes of at least 4 members (excludes halogenated alkanes) is 1. The van der Waals surface area contributed by atoms with E-state index in [1.165, 1.54) is 25.3 Å². The van der Waals surface area contributed by atoms with Crippen molar-refractivity contribution in [1.29, 1.82) is 0 Å². The lowest BCUT2D eigenvalue weighted by atomic mass is 9.91. The Hall–Kier alpha value is -2.09. The minimum absolute atomic E-state index is 0.102. The van der Waals surface area contributed by atoms with E-state index in [4.69, 9.17) is 9.47 Å². The van der Waals surface area contributed by atoms with Crippen molar-refractivity contribution in [3.8, 4) is 11.5 Å². The first-order valence-corrected chi connectivity index (χ1v) is 11.9. The highest BCUT2D eigenvalue weighted by molar-refractivity contribution is 7.91. The summed E-state index contributed by atoms with van der Waals surface area (Å²) in [6, 6.07) is 15.1. The van der Waals surface area contributed by atoms with E-state index in [0.29, 0.717) is 29.9 Å². The lowest BCUT2D eigenvalue weighted by Crippen LogP contribution is -2.49. The molecule has 7 heteroatoms. The van der Waals surface area contributed by atoms with E-state index < -0.39 is 15.4 Å². The number of ether oxygens (including phenoxy) is 2. The van der Waals surface area contributed by atoms with Gasteiger partial charge in [0.25, 0.3) is 0 Å². The fraction of sp³-hybridized carbons (Fsp3) is 0.478. The van der Waals surface area contributed by atoms with Gasteiger partial charge < -0.3 is 14.7 Å². The van der Waals surface area contributed by atoms with Crippen molar-refractivity contribution in [2.24, 2.45) is 0 Å². The number of hydrogen-bond donors (Lipinski definition) is 1. The molecule has 166 valence electrons. The fourth-order valence-corrected chi connectivity index (χ4v) is 5.87. The second-order valence-electron chi connectivity index (χ2n) is 7.47. The van der Waals surface area contributed by atoms with Gasteiger partial charge in [0.1, 0.15) is 0 Å². The molecule has 0 bridgehead atoms. The molecular weight excluding hydrogens is 402 g/mol. The molecule has 6 nitrogen and oxygen atoms in total. The first-order valence-electron chi connectivity index (χ1n) is 10.3. The molecule has 0 amide bonds. The molecule has 0 radical (unpaired) electrons. The van der Waals surface area contributed by atoms with Crippen LogP contribution >= 0.6 is 0 Å². The van der Waals surface area contributed by atoms with Gasteiger partial charge in [-0.3, -0.25) is 0 Å². The molecule has 0 aliphatic carbocycles. The summed E-state index contributed by atoms with van der Waals surface area (Å²) in [5.74, 6) is 0.731. The Kier molecular flexibility index (Phi) is 8.70. The Bertz CT molecular complexity index is 875. The zero-order valence-corrected chi connectivity index (χ0v) is 19.1. The minimum atomic E-state index is -3.56. The summed E-state index contributed by atoms with van der Waals surface area (Å²) in [5, 5.41) is 11.9. The fourth-order valence-electron chi connectivity index (χ4n) is 3.70. The zero-order chi connectivity index (χ0) is 22.2. The van der Waals surface area contributed by atoms with Crippen molar-refractivity contribution in [3.63, 3.8) is 0 Å². The van der Waals surface area contributed by atoms with Crippen LogP contribution in [0.25, 0.3) is 0 Å². The number of nitrogens with zero attached hydrogens (tertiary/aromatic N) is 1. The molecule has 1 aliphatic heterocycles. The third-order valence-electron chi connectivity index (χ3n) is 5.55. The second kappa shape index (κ2) is 10.8. The first-order chi connectivity index (χ1) is 14.3. The molecular formula is C23H33NO5S. The Morgan fingerprint density at radius 2 is 1.53 bits per heavy atom. The highest BCUT2D eigenvalue weighted by atomic mass is 32.2. The molecule has 0 spiro atoms. The molecule has 0 fully saturated rings. The molecule has 1 atom stereocenters. The van der Waals surface area contributed by atoms with E-state index in [2.05, 4.69) is 6.92 Å². The number of methoxy groups -OCH3 is 2. The Labute approximate surface area is 180 Å². The zero-order valence-electron chi connectivity index (χ0n) is 18.3. The van der Waals surface area contributed by atoms with Crippen LogP contribution in [0.5, 0.6) is 11.5 Å². The standard InChI is InChI=1S/C17H27NO5S.C6H6/c1-5-7-8-17(6-2)12-24(20,21)16-10-15(23-4)14(22-3)9-13(16)11-18(17)19;1-2-4-6-5-3-1/h9-10,19H,5-8,11-12H2,1-4H3;1-6H/t17-;/m1./s1. The predicted octanol–water partition coefficient (Wildman–Crippen LogP) is 4.71. The summed E-state index contributed by atoms with van der Waals surface area (Å²) < 4.78 is 36.5. The van der Waals surface area contributed by atoms with E-state index in [1.807, 2.05) is 43.3 Å². The van der Waals surface area contributed by atoms with Gasteiger partial charge >= 0.3 is 0 Å². The van der Waals surface area contributed by atoms with Crippen molar-refractivity contribution >= 4 is 9.84 Å². The van der Waals surface area contributed by atoms with Crippen LogP contribution in [0.4, 0.5) is 0 Å². The maximum absolute atomic E-state index is 13.0. The van der Waals surface area contributed by atoms with Crippen LogP contribution in [0, 0.1) is 0 Å². The van der Waals surface area contributed by atoms with Crippen molar-refractivity contribution in [1.82, 2.24) is 5.06 Å². The highest BCUT2D eigenvalue weighted by Gasteiger charge is 2.43. The smallest absolute Gasteiger partial charge is 0.180 e. The van der Waals surface area contributed by atoms with Gasteiger partial charge in [0.2, 0.25) is 0 Å². The van der Waals surface area contributed by atoms with Crippen LogP contribution in [0.3, 0.4) is 0 Å². The van der Waals surface area contributed by atoms with E-state index in [9.17, 15) is 13.6 Å². The molecule has 1 N–H and O–H groups in total. The molecule has 0 aromatic heterocycles. The Balaban J connectivity index is 0.000000456. The van der Waals surface area contributed by atoms with Crippen LogP contribution in [0.1, 0.15) is 45.1 Å². The van der Waals surface area contributed by atoms with Gasteiger partial charge in [-0.15, -0.1) is 0 Å². The number of hydroxylamine groups is 2. The van der Waals surface area contributed by atoms with Gasteiger partial charge in [0.05, 0.1) is 37.0 Å². The first kappa shape index (κ1) is 24.2. The number of hydrogen-bond acceptors (Lipinski definition) is 6. The van der Waals surface area contributed by atoms with E-state index in [1.54, 1.807) is 6.07 Å². The van der Waals surface area contributed by atoms with Crippen molar-refractivity contribution in [2.75, 3.05) is 20.0 Å². The van der Waals surface area contributed by atoms with Crippen molar-refractivity contribution in [3.05, 3.63) is 54.1 Å². The van der Waals surface area contributed by atoms with Gasteiger partial charge in [0, 0.05) is 6.07 Å². The molecule has 0 unspecified atom stereocenters. The van der Waals surface area contributed by atoms with Gasteiger partial charge in [0.15, 0.2) is 21.3 Å². The summed E-state index contributed by atoms with van der Waals surface area (Å²) in [4.78, 5) is 0.214. The summed E-state index contributed by atoms with van der Waals surface area (Å²) in [6.45, 7) is 4.12. The highest BCUT2D eigenvalue weighted by Crippen LogP contribution is 2.40. The van der Waals surface area contributed by atoms with Crippen molar-refractivity contribution in [2.45, 2.75) is 56.5 Å². The molecule has 1 heterocycles. The largest absolute Gasteiger partial charge is 0.493 e. The number of fused-ring (bicyclic) bond motifs is 1. The van der Waals surface area contributed by atoms with Crippen LogP contribution in [-0.4, -0.2) is 44.2 Å². The third-order valence-corrected chi connectivity index (χ3v) is 7.52. The van der Waals surface area contributed by atoms with Crippen molar-refractivity contribution < 1.29 is 23.1 Å². The minimum Gasteiger partial charge on any atom is -0.493 e. The van der Waals surface area contributed by atoms with Gasteiger partial charge in [-0.2, -0.15) is 5.06 Å². The molecule has 3 rings (SSSR count). The maximum Gasteiger partial charge on any atom is 0.180 e. The van der Waals surface area contributed by atoms with Crippen LogP contribution in [0.15, 0.2) is 53.4 Å². The normalized spacial score (nSPS) is 20.3. The maximum atomic E-state index is 13.0. The third kappa shape index (κ3) is 5.53. The van der Waals surface area contributed by atoms with E-state index in [0.717, 1.165) is 12.8 Å². The summed E-state index contributed by atoms with van der Waals surface area (Å²) in [5.41, 5.74) is -0.240. The molecule has 1 aliphatic rings. The van der Waals surface area contributed by atoms with Gasteiger partial charge in [-0.25, -0.2) is 8.42 Å². The summed E-state index contributed by atoms with van der Waals surface area (Å²) in [7, 11) is -0.577. The number of rotatable bonds is 6. The van der Waals surface area contributed by atoms with Gasteiger partial charge in [-0.1, -0.05) is 63.1 Å². The molecule has 30 heavy (non-hydrogen) atoms. The Morgan fingerprint density at radius 3 is 2.00 bits per heavy atom. The Morgan fingerprint density at radius 1 is 1.00 bits per heavy atom. The predicted molar refractivity (Wildman–Crippen MR) is 118 cm³/mol. The summed E-state index contributed by atoms with van der Waals surface area (Å²) in [6.07, 6.45) is 3.01.